The van der Waals surface area contributed by atoms with Crippen molar-refractivity contribution in [2.24, 2.45) is 0 Å². The van der Waals surface area contributed by atoms with Gasteiger partial charge in [-0.3, -0.25) is 10.1 Å². The zero-order valence-electron chi connectivity index (χ0n) is 10.9. The summed E-state index contributed by atoms with van der Waals surface area (Å²) in [6.07, 6.45) is 0.881. The van der Waals surface area contributed by atoms with Crippen LogP contribution >= 0.6 is 0 Å². The van der Waals surface area contributed by atoms with Crippen LogP contribution in [0.4, 0.5) is 5.69 Å². The molecule has 1 aliphatic heterocycles. The summed E-state index contributed by atoms with van der Waals surface area (Å²) in [5.41, 5.74) is 0.0321. The van der Waals surface area contributed by atoms with Crippen LogP contribution in [0, 0.1) is 10.1 Å². The number of nitrogens with one attached hydrogen (secondary N) is 1. The fourth-order valence-corrected chi connectivity index (χ4v) is 2.14. The van der Waals surface area contributed by atoms with Crippen LogP contribution in [0.15, 0.2) is 24.3 Å². The molecule has 0 amide bonds. The Labute approximate surface area is 112 Å². The third kappa shape index (κ3) is 4.18. The van der Waals surface area contributed by atoms with E-state index in [1.165, 1.54) is 6.07 Å². The first-order valence-electron chi connectivity index (χ1n) is 6.56. The van der Waals surface area contributed by atoms with Crippen molar-refractivity contribution in [2.45, 2.75) is 6.42 Å². The Morgan fingerprint density at radius 3 is 2.79 bits per heavy atom. The first-order valence-corrected chi connectivity index (χ1v) is 6.56. The molecule has 0 atom stereocenters. The number of hydrogen-bond donors (Lipinski definition) is 1. The minimum Gasteiger partial charge on any atom is -0.487 e. The molecule has 1 saturated heterocycles. The van der Waals surface area contributed by atoms with Crippen molar-refractivity contribution in [2.75, 3.05) is 39.3 Å². The number of nitro groups is 1. The molecule has 0 spiro atoms. The Hall–Kier alpha value is -1.66. The SMILES string of the molecule is O=[N+]([O-])c1ccccc1OCCCN1CCNCC1. The third-order valence-electron chi connectivity index (χ3n) is 3.15. The molecular weight excluding hydrogens is 246 g/mol. The number of hydrogen-bond acceptors (Lipinski definition) is 5. The molecule has 1 aromatic rings. The number of para-hydroxylation sites is 2. The number of rotatable bonds is 6. The zero-order chi connectivity index (χ0) is 13.5. The summed E-state index contributed by atoms with van der Waals surface area (Å²) < 4.78 is 5.51. The summed E-state index contributed by atoms with van der Waals surface area (Å²) in [5.74, 6) is 0.354. The first-order chi connectivity index (χ1) is 9.27. The lowest BCUT2D eigenvalue weighted by atomic mass is 10.3. The summed E-state index contributed by atoms with van der Waals surface area (Å²) >= 11 is 0. The van der Waals surface area contributed by atoms with E-state index in [-0.39, 0.29) is 5.69 Å². The average Bonchev–Trinajstić information content (AvgIpc) is 2.45. The van der Waals surface area contributed by atoms with Crippen LogP contribution < -0.4 is 10.1 Å². The van der Waals surface area contributed by atoms with E-state index in [0.29, 0.717) is 12.4 Å². The molecule has 1 heterocycles. The van der Waals surface area contributed by atoms with Crippen molar-refractivity contribution in [3.05, 3.63) is 34.4 Å². The summed E-state index contributed by atoms with van der Waals surface area (Å²) in [6.45, 7) is 5.67. The van der Waals surface area contributed by atoms with E-state index in [2.05, 4.69) is 10.2 Å². The van der Waals surface area contributed by atoms with Gasteiger partial charge in [-0.1, -0.05) is 12.1 Å². The van der Waals surface area contributed by atoms with Gasteiger partial charge in [-0.25, -0.2) is 0 Å². The Kier molecular flexibility index (Phi) is 5.11. The molecule has 0 saturated carbocycles. The molecule has 1 aromatic carbocycles. The number of nitro benzene ring substituents is 1. The maximum atomic E-state index is 10.8. The minimum absolute atomic E-state index is 0.0321. The van der Waals surface area contributed by atoms with Crippen LogP contribution in [0.5, 0.6) is 5.75 Å². The van der Waals surface area contributed by atoms with Crippen molar-refractivity contribution in [3.8, 4) is 5.75 Å². The topological polar surface area (TPSA) is 67.6 Å². The van der Waals surface area contributed by atoms with Crippen LogP contribution in [0.2, 0.25) is 0 Å². The molecule has 1 fully saturated rings. The molecule has 1 N–H and O–H groups in total. The number of ether oxygens (including phenoxy) is 1. The average molecular weight is 265 g/mol. The number of nitrogens with zero attached hydrogens (tertiary/aromatic N) is 2. The van der Waals surface area contributed by atoms with Gasteiger partial charge in [-0.05, 0) is 12.5 Å². The van der Waals surface area contributed by atoms with E-state index in [4.69, 9.17) is 4.74 Å². The zero-order valence-corrected chi connectivity index (χ0v) is 10.9. The smallest absolute Gasteiger partial charge is 0.310 e. The van der Waals surface area contributed by atoms with Gasteiger partial charge < -0.3 is 15.0 Å². The maximum absolute atomic E-state index is 10.8. The van der Waals surface area contributed by atoms with E-state index in [0.717, 1.165) is 39.1 Å². The van der Waals surface area contributed by atoms with Gasteiger partial charge in [0.05, 0.1) is 11.5 Å². The van der Waals surface area contributed by atoms with Crippen LogP contribution in [0.3, 0.4) is 0 Å². The second kappa shape index (κ2) is 7.06. The van der Waals surface area contributed by atoms with Crippen molar-refractivity contribution < 1.29 is 9.66 Å². The van der Waals surface area contributed by atoms with E-state index < -0.39 is 4.92 Å². The monoisotopic (exact) mass is 265 g/mol. The Morgan fingerprint density at radius 1 is 1.32 bits per heavy atom. The predicted molar refractivity (Wildman–Crippen MR) is 72.5 cm³/mol. The second-order valence-electron chi connectivity index (χ2n) is 4.52. The summed E-state index contributed by atoms with van der Waals surface area (Å²) in [7, 11) is 0. The van der Waals surface area contributed by atoms with Gasteiger partial charge in [0.15, 0.2) is 5.75 Å². The van der Waals surface area contributed by atoms with Gasteiger partial charge in [0.2, 0.25) is 0 Å². The molecule has 0 unspecified atom stereocenters. The van der Waals surface area contributed by atoms with E-state index in [1.54, 1.807) is 18.2 Å². The third-order valence-corrected chi connectivity index (χ3v) is 3.15. The predicted octanol–water partition coefficient (Wildman–Crippen LogP) is 1.27. The van der Waals surface area contributed by atoms with Gasteiger partial charge in [0.1, 0.15) is 0 Å². The lowest BCUT2D eigenvalue weighted by molar-refractivity contribution is -0.385. The number of piperazine rings is 1. The molecule has 2 rings (SSSR count). The quantitative estimate of drug-likeness (QED) is 0.476. The van der Waals surface area contributed by atoms with Gasteiger partial charge in [-0.2, -0.15) is 0 Å². The normalized spacial score (nSPS) is 16.2. The molecule has 0 bridgehead atoms. The standard InChI is InChI=1S/C13H19N3O3/c17-16(18)12-4-1-2-5-13(12)19-11-3-8-15-9-6-14-7-10-15/h1-2,4-5,14H,3,6-11H2. The molecule has 0 aromatic heterocycles. The van der Waals surface area contributed by atoms with Crippen molar-refractivity contribution in [1.29, 1.82) is 0 Å². The van der Waals surface area contributed by atoms with Gasteiger partial charge in [0, 0.05) is 38.8 Å². The van der Waals surface area contributed by atoms with E-state index >= 15 is 0 Å². The summed E-state index contributed by atoms with van der Waals surface area (Å²) in [6, 6.07) is 6.50. The molecule has 0 aliphatic carbocycles. The molecule has 19 heavy (non-hydrogen) atoms. The highest BCUT2D eigenvalue weighted by molar-refractivity contribution is 5.45. The Morgan fingerprint density at radius 2 is 2.05 bits per heavy atom. The Bertz CT molecular complexity index is 419. The van der Waals surface area contributed by atoms with Crippen molar-refractivity contribution in [1.82, 2.24) is 10.2 Å². The molecule has 6 nitrogen and oxygen atoms in total. The fraction of sp³-hybridized carbons (Fsp3) is 0.538. The first kappa shape index (κ1) is 13.8. The van der Waals surface area contributed by atoms with Gasteiger partial charge >= 0.3 is 5.69 Å². The highest BCUT2D eigenvalue weighted by Crippen LogP contribution is 2.25. The number of benzene rings is 1. The van der Waals surface area contributed by atoms with Crippen LogP contribution in [-0.2, 0) is 0 Å². The van der Waals surface area contributed by atoms with E-state index in [1.807, 2.05) is 0 Å². The molecule has 1 aliphatic rings. The minimum atomic E-state index is -0.411. The molecule has 104 valence electrons. The van der Waals surface area contributed by atoms with Gasteiger partial charge in [-0.15, -0.1) is 0 Å². The fourth-order valence-electron chi connectivity index (χ4n) is 2.14. The second-order valence-corrected chi connectivity index (χ2v) is 4.52. The lowest BCUT2D eigenvalue weighted by Gasteiger charge is -2.26. The molecular formula is C13H19N3O3. The largest absolute Gasteiger partial charge is 0.487 e. The van der Waals surface area contributed by atoms with E-state index in [9.17, 15) is 10.1 Å². The highest BCUT2D eigenvalue weighted by atomic mass is 16.6. The lowest BCUT2D eigenvalue weighted by Crippen LogP contribution is -2.43. The van der Waals surface area contributed by atoms with Crippen molar-refractivity contribution in [3.63, 3.8) is 0 Å². The Balaban J connectivity index is 1.74. The summed E-state index contributed by atoms with van der Waals surface area (Å²) in [5, 5.41) is 14.1. The highest BCUT2D eigenvalue weighted by Gasteiger charge is 2.13. The molecule has 0 radical (unpaired) electrons. The van der Waals surface area contributed by atoms with Crippen LogP contribution in [0.1, 0.15) is 6.42 Å². The van der Waals surface area contributed by atoms with Crippen molar-refractivity contribution >= 4 is 5.69 Å². The molecule has 6 heteroatoms. The maximum Gasteiger partial charge on any atom is 0.310 e. The summed E-state index contributed by atoms with van der Waals surface area (Å²) in [4.78, 5) is 12.8. The van der Waals surface area contributed by atoms with Crippen LogP contribution in [0.25, 0.3) is 0 Å². The van der Waals surface area contributed by atoms with Gasteiger partial charge in [0.25, 0.3) is 0 Å². The van der Waals surface area contributed by atoms with Crippen LogP contribution in [-0.4, -0.2) is 49.2 Å².